The van der Waals surface area contributed by atoms with Crippen LogP contribution in [0.1, 0.15) is 37.5 Å². The van der Waals surface area contributed by atoms with Crippen molar-refractivity contribution in [2.24, 2.45) is 0 Å². The second-order valence-electron chi connectivity index (χ2n) is 11.8. The number of nitrogens with zero attached hydrogens (tertiary/aromatic N) is 2. The fraction of sp³-hybridized carbons (Fsp3) is 0.257. The predicted octanol–water partition coefficient (Wildman–Crippen LogP) is 5.88. The summed E-state index contributed by atoms with van der Waals surface area (Å²) in [5.41, 5.74) is 2.02. The number of anilines is 1. The van der Waals surface area contributed by atoms with Crippen LogP contribution in [0.2, 0.25) is 0 Å². The van der Waals surface area contributed by atoms with Crippen molar-refractivity contribution in [3.8, 4) is 0 Å². The van der Waals surface area contributed by atoms with Crippen LogP contribution in [0, 0.1) is 12.7 Å². The number of hydrogen-bond acceptors (Lipinski definition) is 4. The van der Waals surface area contributed by atoms with E-state index in [1.807, 2.05) is 58.0 Å². The molecule has 1 atom stereocenters. The van der Waals surface area contributed by atoms with Crippen LogP contribution in [0.5, 0.6) is 0 Å². The Morgan fingerprint density at radius 1 is 0.795 bits per heavy atom. The summed E-state index contributed by atoms with van der Waals surface area (Å²) < 4.78 is 42.9. The third-order valence-electron chi connectivity index (χ3n) is 6.97. The SMILES string of the molecule is Cc1ccc(S(=O)(=O)N(CC(=O)N(Cc2ccc(F)cc2)[C@H](Cc2ccccc2)C(=O)NC(C)(C)C)c2ccccc2)cc1. The second-order valence-corrected chi connectivity index (χ2v) is 13.6. The first-order valence-corrected chi connectivity index (χ1v) is 15.8. The molecule has 0 aromatic heterocycles. The van der Waals surface area contributed by atoms with E-state index < -0.39 is 39.9 Å². The van der Waals surface area contributed by atoms with E-state index in [1.165, 1.54) is 29.2 Å². The van der Waals surface area contributed by atoms with Crippen molar-refractivity contribution < 1.29 is 22.4 Å². The zero-order valence-electron chi connectivity index (χ0n) is 25.4. The molecule has 0 aliphatic carbocycles. The summed E-state index contributed by atoms with van der Waals surface area (Å²) in [6.45, 7) is 6.81. The lowest BCUT2D eigenvalue weighted by Crippen LogP contribution is -2.56. The molecule has 0 bridgehead atoms. The summed E-state index contributed by atoms with van der Waals surface area (Å²) in [6, 6.07) is 28.8. The number of para-hydroxylation sites is 1. The number of benzene rings is 4. The molecule has 44 heavy (non-hydrogen) atoms. The monoisotopic (exact) mass is 615 g/mol. The maximum absolute atomic E-state index is 14.4. The molecule has 0 unspecified atom stereocenters. The molecule has 7 nitrogen and oxygen atoms in total. The Bertz CT molecular complexity index is 1660. The summed E-state index contributed by atoms with van der Waals surface area (Å²) in [5, 5.41) is 2.99. The zero-order chi connectivity index (χ0) is 31.9. The molecule has 4 aromatic carbocycles. The maximum atomic E-state index is 14.4. The number of carbonyl (C=O) groups excluding carboxylic acids is 2. The molecule has 0 heterocycles. The number of halogens is 1. The Morgan fingerprint density at radius 3 is 1.93 bits per heavy atom. The van der Waals surface area contributed by atoms with Crippen molar-refractivity contribution >= 4 is 27.5 Å². The topological polar surface area (TPSA) is 86.8 Å². The first kappa shape index (κ1) is 32.4. The minimum atomic E-state index is -4.18. The van der Waals surface area contributed by atoms with Crippen LogP contribution in [-0.4, -0.2) is 43.3 Å². The molecule has 0 saturated carbocycles. The van der Waals surface area contributed by atoms with Crippen molar-refractivity contribution in [3.63, 3.8) is 0 Å². The van der Waals surface area contributed by atoms with Crippen LogP contribution in [0.15, 0.2) is 114 Å². The maximum Gasteiger partial charge on any atom is 0.264 e. The molecule has 4 aromatic rings. The van der Waals surface area contributed by atoms with Gasteiger partial charge in [-0.2, -0.15) is 0 Å². The van der Waals surface area contributed by atoms with Gasteiger partial charge in [0.15, 0.2) is 0 Å². The highest BCUT2D eigenvalue weighted by molar-refractivity contribution is 7.92. The van der Waals surface area contributed by atoms with Gasteiger partial charge in [-0.05, 0) is 75.2 Å². The highest BCUT2D eigenvalue weighted by atomic mass is 32.2. The number of carbonyl (C=O) groups is 2. The third kappa shape index (κ3) is 8.54. The number of amides is 2. The number of rotatable bonds is 11. The van der Waals surface area contributed by atoms with Crippen LogP contribution in [-0.2, 0) is 32.6 Å². The van der Waals surface area contributed by atoms with Crippen molar-refractivity contribution in [3.05, 3.63) is 132 Å². The first-order chi connectivity index (χ1) is 20.8. The molecular weight excluding hydrogens is 577 g/mol. The molecule has 0 fully saturated rings. The van der Waals surface area contributed by atoms with Crippen molar-refractivity contribution in [2.45, 2.75) is 57.1 Å². The summed E-state index contributed by atoms with van der Waals surface area (Å²) >= 11 is 0. The van der Waals surface area contributed by atoms with Crippen molar-refractivity contribution in [1.82, 2.24) is 10.2 Å². The Morgan fingerprint density at radius 2 is 1.36 bits per heavy atom. The standard InChI is InChI=1S/C35H38FN3O4S/c1-26-15-21-31(22-16-26)44(42,43)39(30-13-9-6-10-14-30)25-33(40)38(24-28-17-19-29(36)20-18-28)32(34(41)37-35(2,3)4)23-27-11-7-5-8-12-27/h5-22,32H,23-25H2,1-4H3,(H,37,41)/t32-/m1/s1. The molecule has 0 spiro atoms. The molecule has 2 amide bonds. The number of aryl methyl sites for hydroxylation is 1. The van der Waals surface area contributed by atoms with Gasteiger partial charge in [0.2, 0.25) is 11.8 Å². The third-order valence-corrected chi connectivity index (χ3v) is 8.76. The van der Waals surface area contributed by atoms with Crippen LogP contribution in [0.4, 0.5) is 10.1 Å². The highest BCUT2D eigenvalue weighted by Gasteiger charge is 2.35. The van der Waals surface area contributed by atoms with Crippen LogP contribution in [0.25, 0.3) is 0 Å². The van der Waals surface area contributed by atoms with Gasteiger partial charge < -0.3 is 10.2 Å². The first-order valence-electron chi connectivity index (χ1n) is 14.4. The Balaban J connectivity index is 1.79. The van der Waals surface area contributed by atoms with Gasteiger partial charge in [-0.25, -0.2) is 12.8 Å². The van der Waals surface area contributed by atoms with E-state index in [2.05, 4.69) is 5.32 Å². The lowest BCUT2D eigenvalue weighted by atomic mass is 10.0. The number of nitrogens with one attached hydrogen (secondary N) is 1. The molecule has 4 rings (SSSR count). The molecule has 230 valence electrons. The minimum Gasteiger partial charge on any atom is -0.350 e. The van der Waals surface area contributed by atoms with Crippen LogP contribution in [0.3, 0.4) is 0 Å². The van der Waals surface area contributed by atoms with Gasteiger partial charge in [-0.1, -0.05) is 78.4 Å². The Hall–Kier alpha value is -4.50. The van der Waals surface area contributed by atoms with Gasteiger partial charge in [0, 0.05) is 18.5 Å². The normalized spacial score (nSPS) is 12.3. The lowest BCUT2D eigenvalue weighted by molar-refractivity contribution is -0.140. The molecule has 0 aliphatic rings. The molecule has 0 aliphatic heterocycles. The summed E-state index contributed by atoms with van der Waals surface area (Å²) in [4.78, 5) is 29.7. The average molecular weight is 616 g/mol. The van der Waals surface area contributed by atoms with Crippen molar-refractivity contribution in [1.29, 1.82) is 0 Å². The van der Waals surface area contributed by atoms with E-state index >= 15 is 0 Å². The molecular formula is C35H38FN3O4S. The molecule has 0 saturated heterocycles. The van der Waals surface area contributed by atoms with Crippen LogP contribution >= 0.6 is 0 Å². The zero-order valence-corrected chi connectivity index (χ0v) is 26.2. The number of sulfonamides is 1. The van der Waals surface area contributed by atoms with Gasteiger partial charge in [-0.3, -0.25) is 13.9 Å². The molecule has 9 heteroatoms. The van der Waals surface area contributed by atoms with E-state index in [9.17, 15) is 22.4 Å². The quantitative estimate of drug-likeness (QED) is 0.228. The fourth-order valence-electron chi connectivity index (χ4n) is 4.75. The van der Waals surface area contributed by atoms with E-state index in [4.69, 9.17) is 0 Å². The Kier molecular flexibility index (Phi) is 10.2. The van der Waals surface area contributed by atoms with E-state index in [0.29, 0.717) is 11.3 Å². The molecule has 1 N–H and O–H groups in total. The predicted molar refractivity (Wildman–Crippen MR) is 171 cm³/mol. The summed E-state index contributed by atoms with van der Waals surface area (Å²) in [5.74, 6) is -1.40. The minimum absolute atomic E-state index is 0.0381. The fourth-order valence-corrected chi connectivity index (χ4v) is 6.17. The Labute approximate surface area is 259 Å². The number of hydrogen-bond donors (Lipinski definition) is 1. The second kappa shape index (κ2) is 13.9. The van der Waals surface area contributed by atoms with Gasteiger partial charge >= 0.3 is 0 Å². The van der Waals surface area contributed by atoms with E-state index in [0.717, 1.165) is 15.4 Å². The van der Waals surface area contributed by atoms with Gasteiger partial charge in [0.1, 0.15) is 18.4 Å². The smallest absolute Gasteiger partial charge is 0.264 e. The van der Waals surface area contributed by atoms with Gasteiger partial charge in [-0.15, -0.1) is 0 Å². The largest absolute Gasteiger partial charge is 0.350 e. The van der Waals surface area contributed by atoms with E-state index in [-0.39, 0.29) is 23.8 Å². The lowest BCUT2D eigenvalue weighted by Gasteiger charge is -2.35. The van der Waals surface area contributed by atoms with Crippen molar-refractivity contribution in [2.75, 3.05) is 10.8 Å². The summed E-state index contributed by atoms with van der Waals surface area (Å²) in [6.07, 6.45) is 0.186. The van der Waals surface area contributed by atoms with Gasteiger partial charge in [0.25, 0.3) is 10.0 Å². The van der Waals surface area contributed by atoms with E-state index in [1.54, 1.807) is 54.6 Å². The molecule has 0 radical (unpaired) electrons. The van der Waals surface area contributed by atoms with Crippen LogP contribution < -0.4 is 9.62 Å². The summed E-state index contributed by atoms with van der Waals surface area (Å²) in [7, 11) is -4.18. The highest BCUT2D eigenvalue weighted by Crippen LogP contribution is 2.25. The van der Waals surface area contributed by atoms with Gasteiger partial charge in [0.05, 0.1) is 10.6 Å². The average Bonchev–Trinajstić information content (AvgIpc) is 2.98.